The van der Waals surface area contributed by atoms with Crippen LogP contribution < -0.4 is 5.32 Å². The van der Waals surface area contributed by atoms with Crippen LogP contribution in [0.5, 0.6) is 0 Å². The van der Waals surface area contributed by atoms with Gasteiger partial charge in [0.05, 0.1) is 13.2 Å². The zero-order valence-electron chi connectivity index (χ0n) is 14.2. The Bertz CT molecular complexity index is 628. The van der Waals surface area contributed by atoms with Crippen molar-refractivity contribution in [2.45, 2.75) is 39.0 Å². The topological polar surface area (TPSA) is 131 Å². The van der Waals surface area contributed by atoms with Crippen molar-refractivity contribution in [1.29, 1.82) is 0 Å². The number of alkyl carbamates (subject to hydrolysis) is 1. The van der Waals surface area contributed by atoms with Crippen LogP contribution in [-0.2, 0) is 29.8 Å². The molecule has 0 aromatic heterocycles. The summed E-state index contributed by atoms with van der Waals surface area (Å²) in [4.78, 5) is 32.3. The smallest absolute Gasteiger partial charge is 0.472 e. The Kier molecular flexibility index (Phi) is 7.57. The van der Waals surface area contributed by atoms with E-state index in [1.54, 1.807) is 51.1 Å². The second-order valence-electron chi connectivity index (χ2n) is 6.06. The molecule has 2 unspecified atom stereocenters. The third-order valence-electron chi connectivity index (χ3n) is 2.63. The van der Waals surface area contributed by atoms with E-state index in [4.69, 9.17) is 14.4 Å². The van der Waals surface area contributed by atoms with Crippen molar-refractivity contribution in [2.24, 2.45) is 0 Å². The molecule has 1 aromatic rings. The van der Waals surface area contributed by atoms with Crippen molar-refractivity contribution in [2.75, 3.05) is 6.61 Å². The number of carboxylic acids is 1. The van der Waals surface area contributed by atoms with E-state index in [0.29, 0.717) is 5.56 Å². The predicted octanol–water partition coefficient (Wildman–Crippen LogP) is 2.30. The summed E-state index contributed by atoms with van der Waals surface area (Å²) in [5, 5.41) is 11.1. The molecule has 0 bridgehead atoms. The molecule has 1 amide bonds. The molecule has 140 valence electrons. The van der Waals surface area contributed by atoms with Crippen LogP contribution in [0.1, 0.15) is 26.3 Å². The third-order valence-corrected chi connectivity index (χ3v) is 3.56. The van der Waals surface area contributed by atoms with Crippen molar-refractivity contribution in [3.63, 3.8) is 0 Å². The Morgan fingerprint density at radius 2 is 1.80 bits per heavy atom. The van der Waals surface area contributed by atoms with E-state index in [9.17, 15) is 19.0 Å². The molecule has 0 aliphatic rings. The summed E-state index contributed by atoms with van der Waals surface area (Å²) in [5.41, 5.74) is -0.180. The maximum atomic E-state index is 11.8. The molecule has 0 radical (unpaired) electrons. The lowest BCUT2D eigenvalue weighted by Gasteiger charge is -2.22. The summed E-state index contributed by atoms with van der Waals surface area (Å²) in [6, 6.07) is 7.03. The number of phosphoric ester groups is 1. The van der Waals surface area contributed by atoms with Crippen LogP contribution >= 0.6 is 7.82 Å². The van der Waals surface area contributed by atoms with Crippen molar-refractivity contribution in [1.82, 2.24) is 5.32 Å². The van der Waals surface area contributed by atoms with Crippen LogP contribution in [0.25, 0.3) is 0 Å². The quantitative estimate of drug-likeness (QED) is 0.590. The number of amides is 1. The number of phosphoric acid groups is 1. The molecule has 0 spiro atoms. The number of carboxylic acid groups (broad SMARTS) is 1. The van der Waals surface area contributed by atoms with E-state index < -0.39 is 38.1 Å². The van der Waals surface area contributed by atoms with Gasteiger partial charge >= 0.3 is 19.9 Å². The number of carbonyl (C=O) groups is 2. The van der Waals surface area contributed by atoms with Gasteiger partial charge in [0.1, 0.15) is 5.60 Å². The summed E-state index contributed by atoms with van der Waals surface area (Å²) in [6.07, 6.45) is -0.985. The molecular formula is C15H22NO8P. The summed E-state index contributed by atoms with van der Waals surface area (Å²) in [6.45, 7) is 3.87. The van der Waals surface area contributed by atoms with Crippen molar-refractivity contribution in [3.05, 3.63) is 35.9 Å². The highest BCUT2D eigenvalue weighted by Gasteiger charge is 2.29. The maximum absolute atomic E-state index is 11.8. The molecule has 1 aromatic carbocycles. The number of ether oxygens (including phenoxy) is 1. The van der Waals surface area contributed by atoms with Gasteiger partial charge in [-0.2, -0.15) is 0 Å². The van der Waals surface area contributed by atoms with Gasteiger partial charge in [-0.1, -0.05) is 30.3 Å². The highest BCUT2D eigenvalue weighted by molar-refractivity contribution is 7.47. The number of aliphatic carboxylic acids is 1. The summed E-state index contributed by atoms with van der Waals surface area (Å²) in [5.74, 6) is -1.45. The average molecular weight is 375 g/mol. The van der Waals surface area contributed by atoms with Gasteiger partial charge in [0, 0.05) is 0 Å². The Morgan fingerprint density at radius 1 is 1.20 bits per heavy atom. The van der Waals surface area contributed by atoms with E-state index >= 15 is 0 Å². The summed E-state index contributed by atoms with van der Waals surface area (Å²) in [7, 11) is -4.49. The largest absolute Gasteiger partial charge is 0.480 e. The van der Waals surface area contributed by atoms with Crippen LogP contribution in [0.3, 0.4) is 0 Å². The van der Waals surface area contributed by atoms with Crippen molar-refractivity contribution >= 4 is 19.9 Å². The predicted molar refractivity (Wildman–Crippen MR) is 87.8 cm³/mol. The van der Waals surface area contributed by atoms with Gasteiger partial charge in [0.25, 0.3) is 0 Å². The molecule has 0 saturated heterocycles. The van der Waals surface area contributed by atoms with Crippen LogP contribution in [-0.4, -0.2) is 40.3 Å². The Labute approximate surface area is 145 Å². The first kappa shape index (κ1) is 21.1. The first-order valence-corrected chi connectivity index (χ1v) is 8.86. The van der Waals surface area contributed by atoms with Gasteiger partial charge in [-0.15, -0.1) is 0 Å². The Hall–Kier alpha value is -1.93. The minimum atomic E-state index is -4.49. The molecule has 1 rings (SSSR count). The molecule has 0 heterocycles. The third kappa shape index (κ3) is 9.21. The Balaban J connectivity index is 2.53. The molecule has 10 heteroatoms. The molecule has 0 aliphatic carbocycles. The normalized spacial score (nSPS) is 15.0. The molecule has 9 nitrogen and oxygen atoms in total. The fraction of sp³-hybridized carbons (Fsp3) is 0.467. The van der Waals surface area contributed by atoms with Gasteiger partial charge < -0.3 is 20.1 Å². The van der Waals surface area contributed by atoms with Crippen molar-refractivity contribution in [3.8, 4) is 0 Å². The average Bonchev–Trinajstić information content (AvgIpc) is 2.48. The minimum absolute atomic E-state index is 0.189. The first-order chi connectivity index (χ1) is 11.5. The van der Waals surface area contributed by atoms with Gasteiger partial charge in [0.15, 0.2) is 6.04 Å². The summed E-state index contributed by atoms with van der Waals surface area (Å²) < 4.78 is 26.2. The zero-order valence-corrected chi connectivity index (χ0v) is 15.1. The molecular weight excluding hydrogens is 353 g/mol. The van der Waals surface area contributed by atoms with Crippen molar-refractivity contribution < 1.29 is 37.9 Å². The monoisotopic (exact) mass is 375 g/mol. The fourth-order valence-corrected chi connectivity index (χ4v) is 2.29. The van der Waals surface area contributed by atoms with Crippen LogP contribution in [0.2, 0.25) is 0 Å². The molecule has 2 atom stereocenters. The van der Waals surface area contributed by atoms with Gasteiger partial charge in [0.2, 0.25) is 0 Å². The molecule has 25 heavy (non-hydrogen) atoms. The second kappa shape index (κ2) is 8.96. The van der Waals surface area contributed by atoms with Gasteiger partial charge in [-0.05, 0) is 26.3 Å². The van der Waals surface area contributed by atoms with Crippen LogP contribution in [0.4, 0.5) is 4.79 Å². The maximum Gasteiger partial charge on any atom is 0.472 e. The Morgan fingerprint density at radius 3 is 2.32 bits per heavy atom. The SMILES string of the molecule is CC(C)(C)OC(=O)NC(COP(=O)(O)OCc1ccccc1)C(=O)O. The molecule has 0 fully saturated rings. The van der Waals surface area contributed by atoms with E-state index in [1.807, 2.05) is 5.32 Å². The van der Waals surface area contributed by atoms with Gasteiger partial charge in [-0.3, -0.25) is 9.05 Å². The van der Waals surface area contributed by atoms with Crippen LogP contribution in [0.15, 0.2) is 30.3 Å². The minimum Gasteiger partial charge on any atom is -0.480 e. The van der Waals surface area contributed by atoms with E-state index in [-0.39, 0.29) is 6.61 Å². The lowest BCUT2D eigenvalue weighted by Crippen LogP contribution is -2.45. The van der Waals surface area contributed by atoms with Gasteiger partial charge in [-0.25, -0.2) is 14.2 Å². The lowest BCUT2D eigenvalue weighted by atomic mass is 10.2. The number of rotatable bonds is 8. The molecule has 0 saturated carbocycles. The van der Waals surface area contributed by atoms with Crippen LogP contribution in [0, 0.1) is 0 Å². The van der Waals surface area contributed by atoms with E-state index in [0.717, 1.165) is 0 Å². The number of nitrogens with one attached hydrogen (secondary N) is 1. The number of hydrogen-bond acceptors (Lipinski definition) is 6. The second-order valence-corrected chi connectivity index (χ2v) is 7.51. The number of benzene rings is 1. The highest BCUT2D eigenvalue weighted by Crippen LogP contribution is 2.44. The number of hydrogen-bond donors (Lipinski definition) is 3. The molecule has 0 aliphatic heterocycles. The molecule has 3 N–H and O–H groups in total. The van der Waals surface area contributed by atoms with E-state index in [2.05, 4.69) is 4.52 Å². The number of carbonyl (C=O) groups excluding carboxylic acids is 1. The fourth-order valence-electron chi connectivity index (χ4n) is 1.56. The van der Waals surface area contributed by atoms with E-state index in [1.165, 1.54) is 0 Å². The first-order valence-electron chi connectivity index (χ1n) is 7.37. The standard InChI is InChI=1S/C15H22NO8P/c1-15(2,3)24-14(19)16-12(13(17)18)10-23-25(20,21)22-9-11-7-5-4-6-8-11/h4-8,12H,9-10H2,1-3H3,(H,16,19)(H,17,18)(H,20,21). The lowest BCUT2D eigenvalue weighted by molar-refractivity contribution is -0.140. The highest BCUT2D eigenvalue weighted by atomic mass is 31.2. The summed E-state index contributed by atoms with van der Waals surface area (Å²) >= 11 is 0. The zero-order chi connectivity index (χ0) is 19.1.